The average molecular weight is 536 g/mol. The van der Waals surface area contributed by atoms with Gasteiger partial charge in [0.2, 0.25) is 5.91 Å². The van der Waals surface area contributed by atoms with Crippen LogP contribution in [0.1, 0.15) is 28.7 Å². The van der Waals surface area contributed by atoms with E-state index in [0.29, 0.717) is 23.2 Å². The minimum Gasteiger partial charge on any atom is -0.497 e. The van der Waals surface area contributed by atoms with Crippen LogP contribution >= 0.6 is 11.8 Å². The van der Waals surface area contributed by atoms with Crippen molar-refractivity contribution < 1.29 is 9.53 Å². The monoisotopic (exact) mass is 535 g/mol. The number of H-pyrrole nitrogens is 1. The highest BCUT2D eigenvalue weighted by Crippen LogP contribution is 2.29. The minimum absolute atomic E-state index is 0.0918. The summed E-state index contributed by atoms with van der Waals surface area (Å²) >= 11 is 1.43. The van der Waals surface area contributed by atoms with Crippen LogP contribution in [-0.4, -0.2) is 38.5 Å². The molecule has 2 aromatic heterocycles. The third-order valence-electron chi connectivity index (χ3n) is 6.57. The van der Waals surface area contributed by atoms with Crippen molar-refractivity contribution in [3.8, 4) is 23.8 Å². The predicted molar refractivity (Wildman–Crippen MR) is 155 cm³/mol. The fraction of sp³-hybridized carbons (Fsp3) is 0.194. The summed E-state index contributed by atoms with van der Waals surface area (Å²) in [7, 11) is 1.63. The molecule has 0 aliphatic carbocycles. The summed E-state index contributed by atoms with van der Waals surface area (Å²) in [6.07, 6.45) is 6.35. The highest BCUT2D eigenvalue weighted by molar-refractivity contribution is 7.99. The first kappa shape index (κ1) is 26.1. The zero-order valence-corrected chi connectivity index (χ0v) is 22.7. The second-order valence-electron chi connectivity index (χ2n) is 9.13. The zero-order chi connectivity index (χ0) is 27.2. The van der Waals surface area contributed by atoms with Gasteiger partial charge < -0.3 is 15.0 Å². The van der Waals surface area contributed by atoms with Gasteiger partial charge in [-0.25, -0.2) is 0 Å². The highest BCUT2D eigenvalue weighted by atomic mass is 32.2. The lowest BCUT2D eigenvalue weighted by Gasteiger charge is -2.20. The van der Waals surface area contributed by atoms with Crippen LogP contribution in [0.4, 0.5) is 0 Å². The first-order valence-electron chi connectivity index (χ1n) is 12.6. The molecular formula is C31H29N5O2S. The summed E-state index contributed by atoms with van der Waals surface area (Å²) in [6.45, 7) is 2.00. The Morgan fingerprint density at radius 2 is 1.82 bits per heavy atom. The van der Waals surface area contributed by atoms with Crippen molar-refractivity contribution in [1.82, 2.24) is 25.1 Å². The predicted octanol–water partition coefficient (Wildman–Crippen LogP) is 5.43. The van der Waals surface area contributed by atoms with Crippen LogP contribution in [0.5, 0.6) is 5.75 Å². The Balaban J connectivity index is 1.52. The molecule has 39 heavy (non-hydrogen) atoms. The smallest absolute Gasteiger partial charge is 0.225 e. The molecule has 1 atom stereocenters. The number of terminal acetylenes is 1. The van der Waals surface area contributed by atoms with E-state index in [9.17, 15) is 4.79 Å². The number of methoxy groups -OCH3 is 1. The average Bonchev–Trinajstić information content (AvgIpc) is 3.52. The first-order chi connectivity index (χ1) is 19.1. The Labute approximate surface area is 232 Å². The first-order valence-corrected chi connectivity index (χ1v) is 13.6. The maximum atomic E-state index is 13.6. The Morgan fingerprint density at radius 3 is 2.56 bits per heavy atom. The number of nitrogens with one attached hydrogen (secondary N) is 2. The van der Waals surface area contributed by atoms with Gasteiger partial charge in [0, 0.05) is 22.3 Å². The molecule has 0 aliphatic rings. The van der Waals surface area contributed by atoms with E-state index in [1.54, 1.807) is 7.11 Å². The number of ether oxygens (including phenoxy) is 1. The molecule has 7 nitrogen and oxygen atoms in total. The van der Waals surface area contributed by atoms with Crippen molar-refractivity contribution in [2.24, 2.45) is 0 Å². The molecule has 0 bridgehead atoms. The number of carbonyl (C=O) groups is 1. The Morgan fingerprint density at radius 1 is 1.08 bits per heavy atom. The number of aromatic amines is 1. The number of benzene rings is 3. The summed E-state index contributed by atoms with van der Waals surface area (Å²) in [6, 6.07) is 25.3. The lowest BCUT2D eigenvalue weighted by Crippen LogP contribution is -2.33. The van der Waals surface area contributed by atoms with Gasteiger partial charge in [0.05, 0.1) is 25.3 Å². The maximum Gasteiger partial charge on any atom is 0.225 e. The molecule has 3 aromatic carbocycles. The molecule has 0 fully saturated rings. The van der Waals surface area contributed by atoms with E-state index in [2.05, 4.69) is 26.4 Å². The molecule has 0 saturated heterocycles. The number of para-hydroxylation sites is 1. The summed E-state index contributed by atoms with van der Waals surface area (Å²) in [5, 5.41) is 14.0. The van der Waals surface area contributed by atoms with Crippen LogP contribution in [0.2, 0.25) is 0 Å². The van der Waals surface area contributed by atoms with Crippen LogP contribution in [0, 0.1) is 19.3 Å². The molecular weight excluding hydrogens is 506 g/mol. The van der Waals surface area contributed by atoms with Gasteiger partial charge in [-0.3, -0.25) is 9.36 Å². The van der Waals surface area contributed by atoms with Crippen LogP contribution in [0.15, 0.2) is 84.0 Å². The normalized spacial score (nSPS) is 11.7. The lowest BCUT2D eigenvalue weighted by molar-refractivity contribution is -0.121. The number of fused-ring (bicyclic) bond motifs is 1. The number of thioether (sulfide) groups is 1. The van der Waals surface area contributed by atoms with Gasteiger partial charge in [0.25, 0.3) is 0 Å². The molecule has 1 amide bonds. The minimum atomic E-state index is -0.430. The topological polar surface area (TPSA) is 84.8 Å². The van der Waals surface area contributed by atoms with E-state index in [-0.39, 0.29) is 12.3 Å². The third-order valence-corrected chi connectivity index (χ3v) is 7.40. The van der Waals surface area contributed by atoms with E-state index in [1.165, 1.54) is 11.8 Å². The quantitative estimate of drug-likeness (QED) is 0.184. The molecule has 8 heteroatoms. The van der Waals surface area contributed by atoms with E-state index in [0.717, 1.165) is 39.2 Å². The van der Waals surface area contributed by atoms with Gasteiger partial charge in [-0.2, -0.15) is 0 Å². The molecule has 0 unspecified atom stereocenters. The van der Waals surface area contributed by atoms with Crippen LogP contribution in [-0.2, 0) is 17.6 Å². The van der Waals surface area contributed by atoms with Crippen LogP contribution in [0.3, 0.4) is 0 Å². The van der Waals surface area contributed by atoms with Crippen molar-refractivity contribution in [3.05, 3.63) is 102 Å². The SMILES string of the molecule is C#CCSc1nnc([C@H](Cc2ccccc2)NC(=O)Cc2c(C)[nH]c3ccccc23)n1-c1ccc(OC)cc1. The van der Waals surface area contributed by atoms with Crippen molar-refractivity contribution in [2.75, 3.05) is 12.9 Å². The molecule has 0 aliphatic heterocycles. The maximum absolute atomic E-state index is 13.6. The Hall–Kier alpha value is -4.48. The van der Waals surface area contributed by atoms with Gasteiger partial charge in [-0.15, -0.1) is 16.6 Å². The summed E-state index contributed by atoms with van der Waals surface area (Å²) in [5.74, 6) is 4.39. The molecule has 0 saturated carbocycles. The zero-order valence-electron chi connectivity index (χ0n) is 21.8. The fourth-order valence-electron chi connectivity index (χ4n) is 4.71. The number of nitrogens with zero attached hydrogens (tertiary/aromatic N) is 3. The van der Waals surface area contributed by atoms with Gasteiger partial charge in [-0.1, -0.05) is 66.2 Å². The lowest BCUT2D eigenvalue weighted by atomic mass is 10.0. The Kier molecular flexibility index (Phi) is 7.99. The van der Waals surface area contributed by atoms with Crippen LogP contribution in [0.25, 0.3) is 16.6 Å². The molecule has 0 spiro atoms. The third kappa shape index (κ3) is 5.84. The van der Waals surface area contributed by atoms with Gasteiger partial charge in [0.1, 0.15) is 5.75 Å². The number of hydrogen-bond acceptors (Lipinski definition) is 5. The molecule has 5 aromatic rings. The van der Waals surface area contributed by atoms with Crippen molar-refractivity contribution >= 4 is 28.6 Å². The molecule has 196 valence electrons. The number of carbonyl (C=O) groups excluding carboxylic acids is 1. The van der Waals surface area contributed by atoms with Gasteiger partial charge >= 0.3 is 0 Å². The molecule has 0 radical (unpaired) electrons. The summed E-state index contributed by atoms with van der Waals surface area (Å²) in [5.41, 5.74) is 4.93. The number of aromatic nitrogens is 4. The summed E-state index contributed by atoms with van der Waals surface area (Å²) < 4.78 is 7.31. The number of amides is 1. The second-order valence-corrected chi connectivity index (χ2v) is 10.1. The molecule has 5 rings (SSSR count). The van der Waals surface area contributed by atoms with Crippen molar-refractivity contribution in [1.29, 1.82) is 0 Å². The van der Waals surface area contributed by atoms with Gasteiger partial charge in [-0.05, 0) is 54.8 Å². The molecule has 2 heterocycles. The molecule has 2 N–H and O–H groups in total. The highest BCUT2D eigenvalue weighted by Gasteiger charge is 2.25. The standard InChI is InChI=1S/C31H29N5O2S/c1-4-18-39-31-35-34-30(36(31)23-14-16-24(38-3)17-15-23)28(19-22-10-6-5-7-11-22)33-29(37)20-26-21(2)32-27-13-9-8-12-25(26)27/h1,5-17,28,32H,18-20H2,2-3H3,(H,33,37)/t28-/m0/s1. The van der Waals surface area contributed by atoms with Crippen molar-refractivity contribution in [2.45, 2.75) is 31.0 Å². The van der Waals surface area contributed by atoms with E-state index in [4.69, 9.17) is 11.2 Å². The Bertz CT molecular complexity index is 1620. The summed E-state index contributed by atoms with van der Waals surface area (Å²) in [4.78, 5) is 16.9. The van der Waals surface area contributed by atoms with Crippen LogP contribution < -0.4 is 10.1 Å². The van der Waals surface area contributed by atoms with E-state index >= 15 is 0 Å². The number of aryl methyl sites for hydroxylation is 1. The largest absolute Gasteiger partial charge is 0.497 e. The van der Waals surface area contributed by atoms with Crippen molar-refractivity contribution in [3.63, 3.8) is 0 Å². The van der Waals surface area contributed by atoms with E-state index < -0.39 is 6.04 Å². The number of hydrogen-bond donors (Lipinski definition) is 2. The second kappa shape index (κ2) is 11.9. The fourth-order valence-corrected chi connectivity index (χ4v) is 5.34. The number of rotatable bonds is 10. The van der Waals surface area contributed by atoms with Gasteiger partial charge in [0.15, 0.2) is 11.0 Å². The van der Waals surface area contributed by atoms with E-state index in [1.807, 2.05) is 90.4 Å².